The van der Waals surface area contributed by atoms with E-state index in [0.29, 0.717) is 11.5 Å². The normalized spacial score (nSPS) is 15.4. The van der Waals surface area contributed by atoms with Gasteiger partial charge in [0, 0.05) is 0 Å². The molecule has 4 nitrogen and oxygen atoms in total. The Kier molecular flexibility index (Phi) is 5.90. The average Bonchev–Trinajstić information content (AvgIpc) is 2.94. The van der Waals surface area contributed by atoms with Crippen molar-refractivity contribution in [2.45, 2.75) is 19.3 Å². The number of hydrogen-bond donors (Lipinski definition) is 1. The fourth-order valence-corrected chi connectivity index (χ4v) is 3.18. The van der Waals surface area contributed by atoms with Crippen molar-refractivity contribution in [3.05, 3.63) is 70.6 Å². The smallest absolute Gasteiger partial charge is 0.290 e. The Morgan fingerprint density at radius 2 is 1.72 bits per heavy atom. The van der Waals surface area contributed by atoms with Crippen LogP contribution in [0.25, 0.3) is 6.08 Å². The second-order valence-corrected chi connectivity index (χ2v) is 6.73. The lowest BCUT2D eigenvalue weighted by Crippen LogP contribution is -2.17. The third-order valence-electron chi connectivity index (χ3n) is 3.79. The fourth-order valence-electron chi connectivity index (χ4n) is 2.50. The lowest BCUT2D eigenvalue weighted by Gasteiger charge is -2.06. The second kappa shape index (κ2) is 8.53. The van der Waals surface area contributed by atoms with Crippen LogP contribution in [0.15, 0.2) is 59.5 Å². The molecule has 2 aromatic rings. The van der Waals surface area contributed by atoms with Crippen molar-refractivity contribution in [3.8, 4) is 5.75 Å². The van der Waals surface area contributed by atoms with Gasteiger partial charge in [0.2, 0.25) is 0 Å². The topological polar surface area (TPSA) is 55.4 Å². The van der Waals surface area contributed by atoms with Crippen molar-refractivity contribution in [2.75, 3.05) is 6.61 Å². The number of ether oxygens (including phenoxy) is 1. The van der Waals surface area contributed by atoms with Gasteiger partial charge in [-0.15, -0.1) is 0 Å². The lowest BCUT2D eigenvalue weighted by molar-refractivity contribution is -0.115. The molecule has 1 saturated heterocycles. The fraction of sp³-hybridized carbons (Fsp3) is 0.200. The van der Waals surface area contributed by atoms with E-state index in [-0.39, 0.29) is 11.1 Å². The molecule has 0 atom stereocenters. The van der Waals surface area contributed by atoms with Crippen molar-refractivity contribution >= 4 is 29.0 Å². The number of aryl methyl sites for hydroxylation is 1. The van der Waals surface area contributed by atoms with E-state index >= 15 is 0 Å². The molecule has 1 aliphatic heterocycles. The van der Waals surface area contributed by atoms with Gasteiger partial charge in [-0.2, -0.15) is 0 Å². The quantitative estimate of drug-likeness (QED) is 0.592. The van der Waals surface area contributed by atoms with Crippen molar-refractivity contribution in [3.63, 3.8) is 0 Å². The number of benzene rings is 2. The first kappa shape index (κ1) is 17.3. The van der Waals surface area contributed by atoms with Crippen LogP contribution in [0, 0.1) is 0 Å². The zero-order valence-corrected chi connectivity index (χ0v) is 14.6. The van der Waals surface area contributed by atoms with Gasteiger partial charge >= 0.3 is 0 Å². The maximum Gasteiger partial charge on any atom is 0.290 e. The van der Waals surface area contributed by atoms with Gasteiger partial charge in [-0.1, -0.05) is 42.5 Å². The third-order valence-corrected chi connectivity index (χ3v) is 4.60. The Morgan fingerprint density at radius 3 is 2.40 bits per heavy atom. The van der Waals surface area contributed by atoms with Crippen LogP contribution in [-0.2, 0) is 11.2 Å². The summed E-state index contributed by atoms with van der Waals surface area (Å²) in [7, 11) is 0. The maximum absolute atomic E-state index is 11.5. The summed E-state index contributed by atoms with van der Waals surface area (Å²) in [5, 5.41) is 1.92. The van der Waals surface area contributed by atoms with Gasteiger partial charge in [0.05, 0.1) is 11.5 Å². The molecule has 0 aromatic heterocycles. The van der Waals surface area contributed by atoms with E-state index in [2.05, 4.69) is 29.6 Å². The zero-order valence-electron chi connectivity index (χ0n) is 13.7. The monoisotopic (exact) mass is 353 g/mol. The summed E-state index contributed by atoms with van der Waals surface area (Å²) in [6.07, 6.45) is 4.86. The Balaban J connectivity index is 1.43. The van der Waals surface area contributed by atoms with Gasteiger partial charge in [-0.05, 0) is 60.4 Å². The summed E-state index contributed by atoms with van der Waals surface area (Å²) in [6, 6.07) is 18.0. The molecule has 1 fully saturated rings. The van der Waals surface area contributed by atoms with E-state index < -0.39 is 0 Å². The van der Waals surface area contributed by atoms with Crippen LogP contribution in [0.2, 0.25) is 0 Å². The first-order valence-corrected chi connectivity index (χ1v) is 9.04. The standard InChI is InChI=1S/C20H19NO3S/c22-19-18(25-20(23)21-19)14-16-9-11-17(12-10-16)24-13-5-4-8-15-6-2-1-3-7-15/h1-3,6-7,9-12,14H,4-5,8,13H2,(H,21,22,23)/b18-14-. The van der Waals surface area contributed by atoms with Crippen molar-refractivity contribution in [2.24, 2.45) is 0 Å². The van der Waals surface area contributed by atoms with E-state index in [9.17, 15) is 9.59 Å². The lowest BCUT2D eigenvalue weighted by atomic mass is 10.1. The van der Waals surface area contributed by atoms with Crippen LogP contribution in [0.5, 0.6) is 5.75 Å². The molecule has 0 saturated carbocycles. The van der Waals surface area contributed by atoms with E-state index in [0.717, 1.165) is 42.3 Å². The van der Waals surface area contributed by atoms with Crippen molar-refractivity contribution < 1.29 is 14.3 Å². The van der Waals surface area contributed by atoms with Crippen LogP contribution in [0.3, 0.4) is 0 Å². The van der Waals surface area contributed by atoms with E-state index in [4.69, 9.17) is 4.74 Å². The molecule has 0 aliphatic carbocycles. The molecule has 2 aromatic carbocycles. The maximum atomic E-state index is 11.5. The summed E-state index contributed by atoms with van der Waals surface area (Å²) in [4.78, 5) is 23.1. The minimum Gasteiger partial charge on any atom is -0.494 e. The molecule has 1 aliphatic rings. The number of hydrogen-bond acceptors (Lipinski definition) is 4. The first-order chi connectivity index (χ1) is 12.2. The van der Waals surface area contributed by atoms with Gasteiger partial charge in [-0.3, -0.25) is 14.9 Å². The number of imide groups is 1. The predicted octanol–water partition coefficient (Wildman–Crippen LogP) is 4.41. The van der Waals surface area contributed by atoms with Crippen LogP contribution in [0.4, 0.5) is 4.79 Å². The molecular weight excluding hydrogens is 334 g/mol. The van der Waals surface area contributed by atoms with Gasteiger partial charge in [-0.25, -0.2) is 0 Å². The molecule has 5 heteroatoms. The molecular formula is C20H19NO3S. The molecule has 3 rings (SSSR count). The summed E-state index contributed by atoms with van der Waals surface area (Å²) in [6.45, 7) is 0.681. The highest BCUT2D eigenvalue weighted by Crippen LogP contribution is 2.26. The van der Waals surface area contributed by atoms with Crippen LogP contribution in [0.1, 0.15) is 24.0 Å². The largest absolute Gasteiger partial charge is 0.494 e. The Morgan fingerprint density at radius 1 is 0.960 bits per heavy atom. The number of unbranched alkanes of at least 4 members (excludes halogenated alkanes) is 1. The number of rotatable bonds is 7. The molecule has 128 valence electrons. The van der Waals surface area contributed by atoms with E-state index in [1.54, 1.807) is 6.08 Å². The zero-order chi connectivity index (χ0) is 17.5. The Bertz CT molecular complexity index is 769. The van der Waals surface area contributed by atoms with Gasteiger partial charge in [0.1, 0.15) is 5.75 Å². The SMILES string of the molecule is O=C1NC(=O)/C(=C/c2ccc(OCCCCc3ccccc3)cc2)S1. The van der Waals surface area contributed by atoms with Gasteiger partial charge in [0.25, 0.3) is 11.1 Å². The van der Waals surface area contributed by atoms with Gasteiger partial charge < -0.3 is 4.74 Å². The minimum atomic E-state index is -0.339. The Labute approximate surface area is 151 Å². The summed E-state index contributed by atoms with van der Waals surface area (Å²) in [5.74, 6) is 0.468. The first-order valence-electron chi connectivity index (χ1n) is 8.22. The predicted molar refractivity (Wildman–Crippen MR) is 100 cm³/mol. The van der Waals surface area contributed by atoms with Crippen LogP contribution in [-0.4, -0.2) is 17.8 Å². The molecule has 25 heavy (non-hydrogen) atoms. The van der Waals surface area contributed by atoms with Gasteiger partial charge in [0.15, 0.2) is 0 Å². The molecule has 0 unspecified atom stereocenters. The van der Waals surface area contributed by atoms with Crippen molar-refractivity contribution in [1.29, 1.82) is 0 Å². The summed E-state index contributed by atoms with van der Waals surface area (Å²) >= 11 is 0.920. The number of amides is 2. The Hall–Kier alpha value is -2.53. The molecule has 0 bridgehead atoms. The molecule has 2 amide bonds. The summed E-state index contributed by atoms with van der Waals surface area (Å²) < 4.78 is 5.75. The van der Waals surface area contributed by atoms with Crippen molar-refractivity contribution in [1.82, 2.24) is 5.32 Å². The van der Waals surface area contributed by atoms with E-state index in [1.165, 1.54) is 5.56 Å². The summed E-state index contributed by atoms with van der Waals surface area (Å²) in [5.41, 5.74) is 2.22. The average molecular weight is 353 g/mol. The van der Waals surface area contributed by atoms with Crippen LogP contribution < -0.4 is 10.1 Å². The molecule has 0 spiro atoms. The van der Waals surface area contributed by atoms with E-state index in [1.807, 2.05) is 30.3 Å². The number of carbonyl (C=O) groups is 2. The second-order valence-electron chi connectivity index (χ2n) is 5.71. The highest BCUT2D eigenvalue weighted by molar-refractivity contribution is 8.18. The van der Waals surface area contributed by atoms with Crippen LogP contribution >= 0.6 is 11.8 Å². The molecule has 1 N–H and O–H groups in total. The highest BCUT2D eigenvalue weighted by Gasteiger charge is 2.24. The third kappa shape index (κ3) is 5.22. The molecule has 1 heterocycles. The molecule has 0 radical (unpaired) electrons. The number of thioether (sulfide) groups is 1. The minimum absolute atomic E-state index is 0.327. The number of carbonyl (C=O) groups excluding carboxylic acids is 2. The number of nitrogens with one attached hydrogen (secondary N) is 1. The highest BCUT2D eigenvalue weighted by atomic mass is 32.2.